The minimum Gasteiger partial charge on any atom is -0.480 e. The van der Waals surface area contributed by atoms with E-state index in [9.17, 15) is 19.7 Å². The van der Waals surface area contributed by atoms with Crippen molar-refractivity contribution < 1.29 is 19.6 Å². The number of nitrogens with zero attached hydrogens (tertiary/aromatic N) is 1. The number of hydrogen-bond donors (Lipinski definition) is 4. The van der Waals surface area contributed by atoms with E-state index in [0.717, 1.165) is 6.07 Å². The SMILES string of the molecule is NCCCN[C@@H](CC(=O)Nc1cc([N+](=O)[O-])ccc1Cl)C(=O)O. The summed E-state index contributed by atoms with van der Waals surface area (Å²) in [5.74, 6) is -1.80. The van der Waals surface area contributed by atoms with Gasteiger partial charge >= 0.3 is 5.97 Å². The Balaban J connectivity index is 2.72. The molecule has 1 amide bonds. The van der Waals surface area contributed by atoms with Gasteiger partial charge in [0.2, 0.25) is 5.91 Å². The fourth-order valence-electron chi connectivity index (χ4n) is 1.73. The number of amides is 1. The number of anilines is 1. The van der Waals surface area contributed by atoms with Crippen LogP contribution in [0.25, 0.3) is 0 Å². The van der Waals surface area contributed by atoms with Gasteiger partial charge in [-0.1, -0.05) is 11.6 Å². The molecule has 0 saturated carbocycles. The molecule has 0 spiro atoms. The van der Waals surface area contributed by atoms with E-state index >= 15 is 0 Å². The van der Waals surface area contributed by atoms with Crippen LogP contribution in [-0.4, -0.2) is 41.0 Å². The zero-order valence-corrected chi connectivity index (χ0v) is 12.9. The van der Waals surface area contributed by atoms with Gasteiger partial charge in [-0.3, -0.25) is 19.7 Å². The third-order valence-corrected chi connectivity index (χ3v) is 3.22. The topological polar surface area (TPSA) is 148 Å². The molecule has 10 heteroatoms. The molecule has 0 heterocycles. The van der Waals surface area contributed by atoms with Crippen LogP contribution in [0.2, 0.25) is 5.02 Å². The Morgan fingerprint density at radius 2 is 2.13 bits per heavy atom. The standard InChI is InChI=1S/C13H17ClN4O5/c14-9-3-2-8(18(22)23)6-10(9)17-12(19)7-11(13(20)21)16-5-1-4-15/h2-3,6,11,16H,1,4-5,7,15H2,(H,17,19)(H,20,21)/t11-/m0/s1. The Kier molecular flexibility index (Phi) is 7.39. The number of carboxylic acids is 1. The second-order valence-electron chi connectivity index (χ2n) is 4.66. The molecule has 5 N–H and O–H groups in total. The molecule has 126 valence electrons. The third-order valence-electron chi connectivity index (χ3n) is 2.89. The van der Waals surface area contributed by atoms with Gasteiger partial charge in [-0.05, 0) is 25.6 Å². The average molecular weight is 345 g/mol. The number of carbonyl (C=O) groups excluding carboxylic acids is 1. The Morgan fingerprint density at radius 1 is 1.43 bits per heavy atom. The predicted octanol–water partition coefficient (Wildman–Crippen LogP) is 0.968. The molecule has 0 bridgehead atoms. The number of nitrogens with one attached hydrogen (secondary N) is 2. The smallest absolute Gasteiger partial charge is 0.321 e. The maximum Gasteiger partial charge on any atom is 0.321 e. The van der Waals surface area contributed by atoms with E-state index in [1.807, 2.05) is 0 Å². The van der Waals surface area contributed by atoms with Crippen molar-refractivity contribution in [1.82, 2.24) is 5.32 Å². The summed E-state index contributed by atoms with van der Waals surface area (Å²) in [6.45, 7) is 0.757. The highest BCUT2D eigenvalue weighted by Crippen LogP contribution is 2.26. The van der Waals surface area contributed by atoms with Crippen LogP contribution in [0.15, 0.2) is 18.2 Å². The molecule has 9 nitrogen and oxygen atoms in total. The molecular weight excluding hydrogens is 328 g/mol. The van der Waals surface area contributed by atoms with Crippen LogP contribution < -0.4 is 16.4 Å². The fraction of sp³-hybridized carbons (Fsp3) is 0.385. The first-order valence-corrected chi connectivity index (χ1v) is 7.13. The van der Waals surface area contributed by atoms with E-state index in [0.29, 0.717) is 19.5 Å². The molecular formula is C13H17ClN4O5. The molecule has 0 unspecified atom stereocenters. The van der Waals surface area contributed by atoms with Crippen molar-refractivity contribution in [2.75, 3.05) is 18.4 Å². The van der Waals surface area contributed by atoms with E-state index in [2.05, 4.69) is 10.6 Å². The molecule has 0 aliphatic carbocycles. The number of non-ortho nitro benzene ring substituents is 1. The summed E-state index contributed by atoms with van der Waals surface area (Å²) >= 11 is 5.86. The molecule has 0 aliphatic rings. The summed E-state index contributed by atoms with van der Waals surface area (Å²) in [5.41, 5.74) is 5.13. The molecule has 0 aliphatic heterocycles. The highest BCUT2D eigenvalue weighted by molar-refractivity contribution is 6.33. The minimum atomic E-state index is -1.18. The number of rotatable bonds is 9. The maximum absolute atomic E-state index is 11.9. The van der Waals surface area contributed by atoms with E-state index in [4.69, 9.17) is 22.4 Å². The summed E-state index contributed by atoms with van der Waals surface area (Å²) in [4.78, 5) is 33.1. The van der Waals surface area contributed by atoms with E-state index < -0.39 is 22.8 Å². The minimum absolute atomic E-state index is 0.0527. The van der Waals surface area contributed by atoms with Crippen molar-refractivity contribution in [1.29, 1.82) is 0 Å². The number of nitro benzene ring substituents is 1. The molecule has 1 aromatic rings. The zero-order chi connectivity index (χ0) is 17.4. The summed E-state index contributed by atoms with van der Waals surface area (Å²) in [5, 5.41) is 25.0. The van der Waals surface area contributed by atoms with Gasteiger partial charge in [0, 0.05) is 12.1 Å². The first-order valence-electron chi connectivity index (χ1n) is 6.75. The van der Waals surface area contributed by atoms with Crippen LogP contribution in [0, 0.1) is 10.1 Å². The number of carbonyl (C=O) groups is 2. The normalized spacial score (nSPS) is 11.7. The molecule has 0 aromatic heterocycles. The van der Waals surface area contributed by atoms with Crippen LogP contribution in [-0.2, 0) is 9.59 Å². The molecule has 1 aromatic carbocycles. The largest absolute Gasteiger partial charge is 0.480 e. The van der Waals surface area contributed by atoms with Gasteiger partial charge in [0.15, 0.2) is 0 Å². The van der Waals surface area contributed by atoms with Gasteiger partial charge in [-0.25, -0.2) is 0 Å². The molecule has 0 radical (unpaired) electrons. The Hall–Kier alpha value is -2.23. The van der Waals surface area contributed by atoms with Gasteiger partial charge in [-0.2, -0.15) is 0 Å². The van der Waals surface area contributed by atoms with Crippen molar-refractivity contribution in [3.05, 3.63) is 33.3 Å². The number of carboxylic acid groups (broad SMARTS) is 1. The van der Waals surface area contributed by atoms with E-state index in [-0.39, 0.29) is 22.8 Å². The number of hydrogen-bond acceptors (Lipinski definition) is 6. The highest BCUT2D eigenvalue weighted by atomic mass is 35.5. The van der Waals surface area contributed by atoms with Crippen LogP contribution in [0.3, 0.4) is 0 Å². The monoisotopic (exact) mass is 344 g/mol. The lowest BCUT2D eigenvalue weighted by Gasteiger charge is -2.14. The van der Waals surface area contributed by atoms with Crippen molar-refractivity contribution in [2.24, 2.45) is 5.73 Å². The van der Waals surface area contributed by atoms with E-state index in [1.54, 1.807) is 0 Å². The lowest BCUT2D eigenvalue weighted by molar-refractivity contribution is -0.384. The predicted molar refractivity (Wildman–Crippen MR) is 84.5 cm³/mol. The summed E-state index contributed by atoms with van der Waals surface area (Å²) in [6, 6.07) is 2.51. The number of halogens is 1. The van der Waals surface area contributed by atoms with Crippen LogP contribution in [0.1, 0.15) is 12.8 Å². The molecule has 0 saturated heterocycles. The molecule has 0 fully saturated rings. The number of aliphatic carboxylic acids is 1. The zero-order valence-electron chi connectivity index (χ0n) is 12.1. The van der Waals surface area contributed by atoms with Crippen molar-refractivity contribution in [2.45, 2.75) is 18.9 Å². The van der Waals surface area contributed by atoms with Gasteiger partial charge in [-0.15, -0.1) is 0 Å². The van der Waals surface area contributed by atoms with Crippen molar-refractivity contribution >= 4 is 34.9 Å². The van der Waals surface area contributed by atoms with E-state index in [1.165, 1.54) is 12.1 Å². The number of benzene rings is 1. The van der Waals surface area contributed by atoms with Gasteiger partial charge in [0.25, 0.3) is 5.69 Å². The summed E-state index contributed by atoms with van der Waals surface area (Å²) in [7, 11) is 0. The first-order chi connectivity index (χ1) is 10.8. The first kappa shape index (κ1) is 18.8. The van der Waals surface area contributed by atoms with Gasteiger partial charge in [0.05, 0.1) is 22.1 Å². The molecule has 1 atom stereocenters. The summed E-state index contributed by atoms with van der Waals surface area (Å²) < 4.78 is 0. The Labute approximate surface area is 136 Å². The van der Waals surface area contributed by atoms with Gasteiger partial charge < -0.3 is 21.5 Å². The van der Waals surface area contributed by atoms with Crippen molar-refractivity contribution in [3.8, 4) is 0 Å². The average Bonchev–Trinajstić information content (AvgIpc) is 2.48. The van der Waals surface area contributed by atoms with Gasteiger partial charge in [0.1, 0.15) is 6.04 Å². The molecule has 23 heavy (non-hydrogen) atoms. The maximum atomic E-state index is 11.9. The number of nitro groups is 1. The quantitative estimate of drug-likeness (QED) is 0.296. The van der Waals surface area contributed by atoms with Crippen LogP contribution in [0.5, 0.6) is 0 Å². The lowest BCUT2D eigenvalue weighted by Crippen LogP contribution is -2.40. The Morgan fingerprint density at radius 3 is 2.70 bits per heavy atom. The van der Waals surface area contributed by atoms with Crippen LogP contribution >= 0.6 is 11.6 Å². The fourth-order valence-corrected chi connectivity index (χ4v) is 1.90. The second-order valence-corrected chi connectivity index (χ2v) is 5.07. The lowest BCUT2D eigenvalue weighted by atomic mass is 10.2. The number of nitrogens with two attached hydrogens (primary N) is 1. The second kappa shape index (κ2) is 9.03. The Bertz CT molecular complexity index is 596. The third kappa shape index (κ3) is 6.19. The van der Waals surface area contributed by atoms with Crippen molar-refractivity contribution in [3.63, 3.8) is 0 Å². The summed E-state index contributed by atoms with van der Waals surface area (Å²) in [6.07, 6.45) is 0.223. The molecule has 1 rings (SSSR count). The highest BCUT2D eigenvalue weighted by Gasteiger charge is 2.21. The van der Waals surface area contributed by atoms with Crippen LogP contribution in [0.4, 0.5) is 11.4 Å².